The fraction of sp³-hybridized carbons (Fsp3) is 0.308. The molecule has 0 fully saturated rings. The molecule has 0 saturated carbocycles. The third-order valence-corrected chi connectivity index (χ3v) is 4.42. The minimum absolute atomic E-state index is 0.831. The van der Waals surface area contributed by atoms with Crippen LogP contribution in [0.3, 0.4) is 0 Å². The minimum atomic E-state index is 0.831. The van der Waals surface area contributed by atoms with E-state index >= 15 is 0 Å². The Kier molecular flexibility index (Phi) is 3.28. The molecule has 0 N–H and O–H groups in total. The van der Waals surface area contributed by atoms with Crippen LogP contribution in [0, 0.1) is 13.8 Å². The maximum Gasteiger partial charge on any atom is 0.235 e. The molecule has 2 heterocycles. The predicted octanol–water partition coefficient (Wildman–Crippen LogP) is 3.33. The number of benzene rings is 1. The summed E-state index contributed by atoms with van der Waals surface area (Å²) in [7, 11) is 0. The highest BCUT2D eigenvalue weighted by Gasteiger charge is 2.13. The van der Waals surface area contributed by atoms with Crippen molar-refractivity contribution in [3.63, 3.8) is 0 Å². The van der Waals surface area contributed by atoms with Gasteiger partial charge in [-0.2, -0.15) is 21.4 Å². The van der Waals surface area contributed by atoms with Gasteiger partial charge < -0.3 is 0 Å². The topological polar surface area (TPSA) is 43.1 Å². The number of hydrogen-bond donors (Lipinski definition) is 0. The molecule has 1 aromatic carbocycles. The SMILES string of the molecule is CSCc1nnc2sc(-c3ccc(C)cc3C)nn12. The average molecular weight is 290 g/mol. The number of rotatable bonds is 3. The summed E-state index contributed by atoms with van der Waals surface area (Å²) in [5.41, 5.74) is 3.69. The van der Waals surface area contributed by atoms with E-state index in [0.29, 0.717) is 0 Å². The number of thioether (sulfide) groups is 1. The van der Waals surface area contributed by atoms with Gasteiger partial charge in [-0.15, -0.1) is 10.2 Å². The van der Waals surface area contributed by atoms with Gasteiger partial charge in [0.15, 0.2) is 5.82 Å². The van der Waals surface area contributed by atoms with Gasteiger partial charge in [0, 0.05) is 5.56 Å². The molecule has 0 unspecified atom stereocenters. The van der Waals surface area contributed by atoms with Crippen molar-refractivity contribution in [3.05, 3.63) is 35.2 Å². The van der Waals surface area contributed by atoms with Gasteiger partial charge in [0.25, 0.3) is 0 Å². The van der Waals surface area contributed by atoms with Gasteiger partial charge >= 0.3 is 0 Å². The summed E-state index contributed by atoms with van der Waals surface area (Å²) in [6, 6.07) is 6.43. The Balaban J connectivity index is 2.10. The standard InChI is InChI=1S/C13H14N4S2/c1-8-4-5-10(9(2)6-8)12-16-17-11(7-18-3)14-15-13(17)19-12/h4-6H,7H2,1-3H3. The van der Waals surface area contributed by atoms with Gasteiger partial charge in [0.2, 0.25) is 4.96 Å². The van der Waals surface area contributed by atoms with Crippen molar-refractivity contribution in [2.75, 3.05) is 6.26 Å². The first-order valence-electron chi connectivity index (χ1n) is 5.96. The van der Waals surface area contributed by atoms with Crippen LogP contribution in [-0.2, 0) is 5.75 Å². The van der Waals surface area contributed by atoms with Gasteiger partial charge in [-0.3, -0.25) is 0 Å². The molecule has 3 rings (SSSR count). The van der Waals surface area contributed by atoms with Crippen LogP contribution in [0.4, 0.5) is 0 Å². The molecule has 19 heavy (non-hydrogen) atoms. The second-order valence-electron chi connectivity index (χ2n) is 4.47. The molecule has 0 amide bonds. The van der Waals surface area contributed by atoms with E-state index in [1.807, 2.05) is 4.52 Å². The molecule has 0 aliphatic rings. The van der Waals surface area contributed by atoms with E-state index < -0.39 is 0 Å². The molecule has 98 valence electrons. The van der Waals surface area contributed by atoms with E-state index in [0.717, 1.165) is 21.5 Å². The number of nitrogens with zero attached hydrogens (tertiary/aromatic N) is 4. The Morgan fingerprint density at radius 1 is 1.26 bits per heavy atom. The molecule has 0 aliphatic heterocycles. The van der Waals surface area contributed by atoms with Crippen molar-refractivity contribution >= 4 is 28.1 Å². The summed E-state index contributed by atoms with van der Waals surface area (Å²) in [6.07, 6.45) is 2.05. The van der Waals surface area contributed by atoms with Crippen molar-refractivity contribution in [3.8, 4) is 10.6 Å². The van der Waals surface area contributed by atoms with Crippen LogP contribution in [0.25, 0.3) is 15.5 Å². The fourth-order valence-corrected chi connectivity index (χ4v) is 3.43. The van der Waals surface area contributed by atoms with Crippen LogP contribution < -0.4 is 0 Å². The molecule has 0 atom stereocenters. The summed E-state index contributed by atoms with van der Waals surface area (Å²) >= 11 is 3.31. The lowest BCUT2D eigenvalue weighted by Gasteiger charge is -2.02. The smallest absolute Gasteiger partial charge is 0.186 e. The molecule has 0 radical (unpaired) electrons. The van der Waals surface area contributed by atoms with Crippen molar-refractivity contribution in [2.45, 2.75) is 19.6 Å². The highest BCUT2D eigenvalue weighted by molar-refractivity contribution is 7.97. The summed E-state index contributed by atoms with van der Waals surface area (Å²) in [5, 5.41) is 14.0. The second kappa shape index (κ2) is 4.94. The maximum absolute atomic E-state index is 4.65. The molecule has 3 aromatic rings. The Labute approximate surface area is 119 Å². The zero-order chi connectivity index (χ0) is 13.4. The van der Waals surface area contributed by atoms with Crippen molar-refractivity contribution in [1.29, 1.82) is 0 Å². The minimum Gasteiger partial charge on any atom is -0.186 e. The van der Waals surface area contributed by atoms with Crippen LogP contribution in [0.1, 0.15) is 17.0 Å². The van der Waals surface area contributed by atoms with Crippen molar-refractivity contribution in [1.82, 2.24) is 19.8 Å². The largest absolute Gasteiger partial charge is 0.235 e. The van der Waals surface area contributed by atoms with Crippen molar-refractivity contribution in [2.24, 2.45) is 0 Å². The fourth-order valence-electron chi connectivity index (χ4n) is 2.04. The summed E-state index contributed by atoms with van der Waals surface area (Å²) in [5.74, 6) is 1.74. The molecule has 4 nitrogen and oxygen atoms in total. The summed E-state index contributed by atoms with van der Waals surface area (Å²) in [4.78, 5) is 0.860. The number of aryl methyl sites for hydroxylation is 2. The molecular weight excluding hydrogens is 276 g/mol. The van der Waals surface area contributed by atoms with Crippen LogP contribution in [0.2, 0.25) is 0 Å². The lowest BCUT2D eigenvalue weighted by molar-refractivity contribution is 0.888. The Morgan fingerprint density at radius 2 is 2.11 bits per heavy atom. The van der Waals surface area contributed by atoms with Gasteiger partial charge in [-0.25, -0.2) is 0 Å². The molecule has 0 spiro atoms. The van der Waals surface area contributed by atoms with Crippen molar-refractivity contribution < 1.29 is 0 Å². The van der Waals surface area contributed by atoms with Gasteiger partial charge in [-0.05, 0) is 25.7 Å². The second-order valence-corrected chi connectivity index (χ2v) is 6.29. The molecule has 2 aromatic heterocycles. The van der Waals surface area contributed by atoms with Gasteiger partial charge in [0.1, 0.15) is 5.01 Å². The summed E-state index contributed by atoms with van der Waals surface area (Å²) < 4.78 is 1.86. The first kappa shape index (κ1) is 12.6. The van der Waals surface area contributed by atoms with Gasteiger partial charge in [-0.1, -0.05) is 35.1 Å². The van der Waals surface area contributed by atoms with E-state index in [9.17, 15) is 0 Å². The molecule has 0 aliphatic carbocycles. The van der Waals surface area contributed by atoms with Crippen LogP contribution in [-0.4, -0.2) is 26.1 Å². The average Bonchev–Trinajstić information content (AvgIpc) is 2.91. The van der Waals surface area contributed by atoms with Crippen LogP contribution in [0.15, 0.2) is 18.2 Å². The highest BCUT2D eigenvalue weighted by atomic mass is 32.2. The first-order chi connectivity index (χ1) is 9.19. The van der Waals surface area contributed by atoms with Crippen LogP contribution >= 0.6 is 23.1 Å². The predicted molar refractivity (Wildman–Crippen MR) is 80.8 cm³/mol. The lowest BCUT2D eigenvalue weighted by Crippen LogP contribution is -1.94. The molecule has 0 saturated heterocycles. The van der Waals surface area contributed by atoms with E-state index in [-0.39, 0.29) is 0 Å². The van der Waals surface area contributed by atoms with E-state index in [4.69, 9.17) is 0 Å². The normalized spacial score (nSPS) is 11.3. The number of aromatic nitrogens is 4. The van der Waals surface area contributed by atoms with Crippen LogP contribution in [0.5, 0.6) is 0 Å². The molecular formula is C13H14N4S2. The summed E-state index contributed by atoms with van der Waals surface area (Å²) in [6.45, 7) is 4.22. The lowest BCUT2D eigenvalue weighted by atomic mass is 10.1. The molecule has 6 heteroatoms. The Bertz CT molecular complexity index is 729. The van der Waals surface area contributed by atoms with E-state index in [1.165, 1.54) is 16.7 Å². The quantitative estimate of drug-likeness (QED) is 0.742. The third-order valence-electron chi connectivity index (χ3n) is 2.94. The molecule has 0 bridgehead atoms. The number of fused-ring (bicyclic) bond motifs is 1. The monoisotopic (exact) mass is 290 g/mol. The van der Waals surface area contributed by atoms with E-state index in [2.05, 4.69) is 53.6 Å². The Hall–Kier alpha value is -1.40. The first-order valence-corrected chi connectivity index (χ1v) is 8.18. The number of hydrogen-bond acceptors (Lipinski definition) is 5. The zero-order valence-electron chi connectivity index (χ0n) is 11.0. The van der Waals surface area contributed by atoms with E-state index in [1.54, 1.807) is 23.1 Å². The highest BCUT2D eigenvalue weighted by Crippen LogP contribution is 2.28. The maximum atomic E-state index is 4.65. The Morgan fingerprint density at radius 3 is 2.84 bits per heavy atom. The zero-order valence-corrected chi connectivity index (χ0v) is 12.7. The van der Waals surface area contributed by atoms with Gasteiger partial charge in [0.05, 0.1) is 5.75 Å². The third kappa shape index (κ3) is 2.26.